The molecule has 0 bridgehead atoms. The Bertz CT molecular complexity index is 1230. The van der Waals surface area contributed by atoms with Gasteiger partial charge in [-0.3, -0.25) is 4.79 Å². The van der Waals surface area contributed by atoms with Crippen molar-refractivity contribution in [2.24, 2.45) is 0 Å². The smallest absolute Gasteiger partial charge is 0.251 e. The van der Waals surface area contributed by atoms with Gasteiger partial charge in [0.2, 0.25) is 5.65 Å². The van der Waals surface area contributed by atoms with Gasteiger partial charge in [-0.25, -0.2) is 4.98 Å². The Labute approximate surface area is 181 Å². The number of carbonyl (C=O) groups excluding carboxylic acids is 1. The number of H-pyrrole nitrogens is 1. The van der Waals surface area contributed by atoms with Crippen LogP contribution in [0.25, 0.3) is 11.2 Å². The molecule has 4 N–H and O–H groups in total. The Hall–Kier alpha value is -3.36. The number of nitrogen functional groups attached to an aromatic ring is 1. The van der Waals surface area contributed by atoms with Crippen LogP contribution in [-0.2, 0) is 13.2 Å². The molecule has 0 radical (unpaired) electrons. The second kappa shape index (κ2) is 8.56. The summed E-state index contributed by atoms with van der Waals surface area (Å²) in [5.41, 5.74) is 8.56. The minimum Gasteiger partial charge on any atom is -0.486 e. The summed E-state index contributed by atoms with van der Waals surface area (Å²) >= 11 is 12.5. The van der Waals surface area contributed by atoms with E-state index >= 15 is 0 Å². The van der Waals surface area contributed by atoms with Gasteiger partial charge in [0.05, 0.1) is 0 Å². The minimum absolute atomic E-state index is 0.159. The number of anilines is 1. The first-order valence-corrected chi connectivity index (χ1v) is 9.66. The van der Waals surface area contributed by atoms with E-state index in [9.17, 15) is 4.79 Å². The molecule has 152 valence electrons. The number of amides is 1. The maximum Gasteiger partial charge on any atom is 0.251 e. The predicted molar refractivity (Wildman–Crippen MR) is 115 cm³/mol. The summed E-state index contributed by atoms with van der Waals surface area (Å²) < 4.78 is 5.80. The van der Waals surface area contributed by atoms with Gasteiger partial charge in [0.1, 0.15) is 12.4 Å². The summed E-state index contributed by atoms with van der Waals surface area (Å²) in [6.07, 6.45) is 0. The van der Waals surface area contributed by atoms with Crippen molar-refractivity contribution in [3.8, 4) is 5.75 Å². The van der Waals surface area contributed by atoms with Crippen LogP contribution >= 0.6 is 23.2 Å². The van der Waals surface area contributed by atoms with Gasteiger partial charge >= 0.3 is 0 Å². The second-order valence-corrected chi connectivity index (χ2v) is 7.22. The average Bonchev–Trinajstić information content (AvgIpc) is 3.20. The van der Waals surface area contributed by atoms with Gasteiger partial charge in [0.25, 0.3) is 5.91 Å². The summed E-state index contributed by atoms with van der Waals surface area (Å²) in [6, 6.07) is 13.9. The van der Waals surface area contributed by atoms with Crippen LogP contribution in [0.4, 0.5) is 5.82 Å². The van der Waals surface area contributed by atoms with E-state index in [0.29, 0.717) is 44.6 Å². The monoisotopic (exact) mass is 442 g/mol. The SMILES string of the molecule is Nc1cc(OCc2ccc(C(=O)NCc3ccccc3Cl)cc2Cl)c2n[nH]nc2n1. The first-order valence-electron chi connectivity index (χ1n) is 8.91. The summed E-state index contributed by atoms with van der Waals surface area (Å²) in [5.74, 6) is 0.447. The number of aromatic nitrogens is 4. The third kappa shape index (κ3) is 4.29. The molecule has 0 aliphatic rings. The van der Waals surface area contributed by atoms with Crippen molar-refractivity contribution < 1.29 is 9.53 Å². The first kappa shape index (κ1) is 19.9. The average molecular weight is 443 g/mol. The van der Waals surface area contributed by atoms with E-state index in [1.54, 1.807) is 30.3 Å². The third-order valence-electron chi connectivity index (χ3n) is 4.37. The van der Waals surface area contributed by atoms with Gasteiger partial charge in [-0.05, 0) is 23.8 Å². The first-order chi connectivity index (χ1) is 14.5. The second-order valence-electron chi connectivity index (χ2n) is 6.41. The lowest BCUT2D eigenvalue weighted by Crippen LogP contribution is -2.23. The minimum atomic E-state index is -0.254. The molecule has 8 nitrogen and oxygen atoms in total. The van der Waals surface area contributed by atoms with Crippen molar-refractivity contribution in [3.05, 3.63) is 75.3 Å². The number of aromatic amines is 1. The van der Waals surface area contributed by atoms with Gasteiger partial charge in [0, 0.05) is 33.8 Å². The molecule has 4 rings (SSSR count). The highest BCUT2D eigenvalue weighted by Crippen LogP contribution is 2.26. The Morgan fingerprint density at radius 3 is 2.70 bits per heavy atom. The molecule has 0 aliphatic heterocycles. The van der Waals surface area contributed by atoms with E-state index < -0.39 is 0 Å². The Balaban J connectivity index is 1.43. The maximum atomic E-state index is 12.4. The van der Waals surface area contributed by atoms with Gasteiger partial charge in [-0.2, -0.15) is 10.3 Å². The molecule has 2 aromatic heterocycles. The van der Waals surface area contributed by atoms with Crippen LogP contribution < -0.4 is 15.8 Å². The van der Waals surface area contributed by atoms with Crippen LogP contribution in [0.2, 0.25) is 10.0 Å². The number of halogens is 2. The fourth-order valence-corrected chi connectivity index (χ4v) is 3.25. The zero-order chi connectivity index (χ0) is 21.1. The van der Waals surface area contributed by atoms with E-state index in [-0.39, 0.29) is 18.3 Å². The molecule has 2 aromatic carbocycles. The van der Waals surface area contributed by atoms with Crippen molar-refractivity contribution >= 4 is 46.1 Å². The molecule has 0 fully saturated rings. The quantitative estimate of drug-likeness (QED) is 0.418. The molecule has 1 amide bonds. The number of benzene rings is 2. The van der Waals surface area contributed by atoms with Crippen molar-refractivity contribution in [2.45, 2.75) is 13.2 Å². The number of nitrogens with zero attached hydrogens (tertiary/aromatic N) is 3. The number of fused-ring (bicyclic) bond motifs is 1. The molecular formula is C20H16Cl2N6O2. The summed E-state index contributed by atoms with van der Waals surface area (Å²) in [5, 5.41) is 14.2. The summed E-state index contributed by atoms with van der Waals surface area (Å²) in [4.78, 5) is 16.5. The number of ether oxygens (including phenoxy) is 1. The lowest BCUT2D eigenvalue weighted by molar-refractivity contribution is 0.0951. The fraction of sp³-hybridized carbons (Fsp3) is 0.100. The van der Waals surface area contributed by atoms with Crippen LogP contribution in [-0.4, -0.2) is 26.3 Å². The van der Waals surface area contributed by atoms with E-state index in [0.717, 1.165) is 5.56 Å². The van der Waals surface area contributed by atoms with Crippen molar-refractivity contribution in [1.29, 1.82) is 0 Å². The molecule has 4 aromatic rings. The number of rotatable bonds is 6. The molecule has 0 atom stereocenters. The molecule has 10 heteroatoms. The highest BCUT2D eigenvalue weighted by molar-refractivity contribution is 6.32. The van der Waals surface area contributed by atoms with Crippen LogP contribution in [0.15, 0.2) is 48.5 Å². The zero-order valence-corrected chi connectivity index (χ0v) is 17.0. The maximum absolute atomic E-state index is 12.4. The molecule has 0 aliphatic carbocycles. The van der Waals surface area contributed by atoms with Crippen molar-refractivity contribution in [3.63, 3.8) is 0 Å². The number of nitrogens with one attached hydrogen (secondary N) is 2. The molecule has 0 saturated carbocycles. The van der Waals surface area contributed by atoms with E-state index in [1.807, 2.05) is 18.2 Å². The van der Waals surface area contributed by atoms with E-state index in [2.05, 4.69) is 25.7 Å². The number of carbonyl (C=O) groups is 1. The van der Waals surface area contributed by atoms with Crippen LogP contribution in [0.5, 0.6) is 5.75 Å². The molecule has 0 saturated heterocycles. The highest BCUT2D eigenvalue weighted by Gasteiger charge is 2.13. The predicted octanol–water partition coefficient (Wildman–Crippen LogP) is 3.75. The van der Waals surface area contributed by atoms with Crippen LogP contribution in [0, 0.1) is 0 Å². The molecule has 2 heterocycles. The largest absolute Gasteiger partial charge is 0.486 e. The normalized spacial score (nSPS) is 10.9. The molecule has 0 spiro atoms. The van der Waals surface area contributed by atoms with Gasteiger partial charge < -0.3 is 15.8 Å². The number of hydrogen-bond acceptors (Lipinski definition) is 6. The van der Waals surface area contributed by atoms with Gasteiger partial charge in [0.15, 0.2) is 11.3 Å². The summed E-state index contributed by atoms with van der Waals surface area (Å²) in [6.45, 7) is 0.476. The van der Waals surface area contributed by atoms with Crippen LogP contribution in [0.1, 0.15) is 21.5 Å². The third-order valence-corrected chi connectivity index (χ3v) is 5.09. The Morgan fingerprint density at radius 1 is 1.07 bits per heavy atom. The van der Waals surface area contributed by atoms with Crippen molar-refractivity contribution in [2.75, 3.05) is 5.73 Å². The summed E-state index contributed by atoms with van der Waals surface area (Å²) in [7, 11) is 0. The Morgan fingerprint density at radius 2 is 1.90 bits per heavy atom. The Kier molecular flexibility index (Phi) is 5.69. The van der Waals surface area contributed by atoms with Crippen molar-refractivity contribution in [1.82, 2.24) is 25.7 Å². The van der Waals surface area contributed by atoms with E-state index in [4.69, 9.17) is 33.7 Å². The molecule has 30 heavy (non-hydrogen) atoms. The number of pyridine rings is 1. The van der Waals surface area contributed by atoms with Gasteiger partial charge in [-0.15, -0.1) is 5.10 Å². The number of hydrogen-bond donors (Lipinski definition) is 3. The molecular weight excluding hydrogens is 427 g/mol. The lowest BCUT2D eigenvalue weighted by atomic mass is 10.1. The topological polar surface area (TPSA) is 119 Å². The highest BCUT2D eigenvalue weighted by atomic mass is 35.5. The van der Waals surface area contributed by atoms with Gasteiger partial charge in [-0.1, -0.05) is 47.5 Å². The molecule has 0 unspecified atom stereocenters. The van der Waals surface area contributed by atoms with E-state index in [1.165, 1.54) is 0 Å². The standard InChI is InChI=1S/C20H16Cl2N6O2/c21-14-4-2-1-3-12(14)9-24-20(29)11-5-6-13(15(22)7-11)10-30-16-8-17(23)25-19-18(16)26-28-27-19/h1-8H,9-10H2,(H,24,29)(H3,23,25,26,27,28). The number of nitrogens with two attached hydrogens (primary N) is 1. The van der Waals surface area contributed by atoms with Crippen LogP contribution in [0.3, 0.4) is 0 Å². The zero-order valence-electron chi connectivity index (χ0n) is 15.5. The fourth-order valence-electron chi connectivity index (χ4n) is 2.82. The lowest BCUT2D eigenvalue weighted by Gasteiger charge is -2.11.